The molecule has 25 heavy (non-hydrogen) atoms. The van der Waals surface area contributed by atoms with E-state index in [0.29, 0.717) is 6.42 Å². The number of hydrogen-bond acceptors (Lipinski definition) is 4. The van der Waals surface area contributed by atoms with E-state index in [0.717, 1.165) is 17.2 Å². The van der Waals surface area contributed by atoms with E-state index in [-0.39, 0.29) is 11.9 Å². The normalized spacial score (nSPS) is 12.3. The average molecular weight is 354 g/mol. The van der Waals surface area contributed by atoms with E-state index in [2.05, 4.69) is 47.6 Å². The summed E-state index contributed by atoms with van der Waals surface area (Å²) >= 11 is 1.70. The third-order valence-electron chi connectivity index (χ3n) is 4.18. The van der Waals surface area contributed by atoms with Crippen molar-refractivity contribution in [1.29, 1.82) is 0 Å². The van der Waals surface area contributed by atoms with Crippen LogP contribution in [0.2, 0.25) is 0 Å². The van der Waals surface area contributed by atoms with E-state index in [9.17, 15) is 4.79 Å². The predicted molar refractivity (Wildman–Crippen MR) is 101 cm³/mol. The second kappa shape index (κ2) is 7.70. The molecule has 1 amide bonds. The fourth-order valence-electron chi connectivity index (χ4n) is 2.60. The molecule has 2 heterocycles. The summed E-state index contributed by atoms with van der Waals surface area (Å²) in [5.74, 6) is 1.52. The van der Waals surface area contributed by atoms with Gasteiger partial charge in [0.25, 0.3) is 0 Å². The van der Waals surface area contributed by atoms with Gasteiger partial charge in [-0.3, -0.25) is 9.20 Å². The quantitative estimate of drug-likeness (QED) is 0.686. The number of amides is 1. The number of carbonyl (C=O) groups excluding carboxylic acids is 1. The maximum Gasteiger partial charge on any atom is 0.221 e. The van der Waals surface area contributed by atoms with Crippen molar-refractivity contribution in [2.24, 2.45) is 0 Å². The first-order valence-electron chi connectivity index (χ1n) is 8.33. The minimum atomic E-state index is -0.184. The van der Waals surface area contributed by atoms with Crippen LogP contribution in [0.3, 0.4) is 0 Å². The predicted octanol–water partition coefficient (Wildman–Crippen LogP) is 3.71. The third kappa shape index (κ3) is 4.20. The summed E-state index contributed by atoms with van der Waals surface area (Å²) in [7, 11) is 0. The Labute approximate surface area is 151 Å². The van der Waals surface area contributed by atoms with Gasteiger partial charge < -0.3 is 5.32 Å². The van der Waals surface area contributed by atoms with Crippen molar-refractivity contribution < 1.29 is 4.79 Å². The van der Waals surface area contributed by atoms with Crippen molar-refractivity contribution in [3.05, 3.63) is 59.5 Å². The summed E-state index contributed by atoms with van der Waals surface area (Å²) in [6.07, 6.45) is 2.38. The second-order valence-corrected chi connectivity index (χ2v) is 7.29. The molecule has 0 aliphatic carbocycles. The van der Waals surface area contributed by atoms with E-state index in [1.54, 1.807) is 11.8 Å². The Balaban J connectivity index is 1.52. The number of nitrogens with one attached hydrogen (secondary N) is 1. The number of thioether (sulfide) groups is 1. The second-order valence-electron chi connectivity index (χ2n) is 6.12. The molecule has 0 spiro atoms. The Morgan fingerprint density at radius 3 is 2.84 bits per heavy atom. The van der Waals surface area contributed by atoms with Crippen LogP contribution in [-0.4, -0.2) is 26.3 Å². The summed E-state index contributed by atoms with van der Waals surface area (Å²) in [5, 5.41) is 11.3. The smallest absolute Gasteiger partial charge is 0.221 e. The number of nitrogens with zero attached hydrogens (tertiary/aromatic N) is 3. The topological polar surface area (TPSA) is 59.3 Å². The largest absolute Gasteiger partial charge is 0.346 e. The molecule has 5 nitrogen and oxygen atoms in total. The Morgan fingerprint density at radius 1 is 1.20 bits per heavy atom. The number of aromatic nitrogens is 3. The highest BCUT2D eigenvalue weighted by atomic mass is 32.2. The van der Waals surface area contributed by atoms with Crippen LogP contribution >= 0.6 is 11.8 Å². The Morgan fingerprint density at radius 2 is 2.04 bits per heavy atom. The fourth-order valence-corrected chi connectivity index (χ4v) is 3.55. The standard InChI is InChI=1S/C19H22N4OS/c1-13-7-8-16(12-14(13)2)25-11-9-18(24)20-15(3)19-22-21-17-6-4-5-10-23(17)19/h4-8,10,12,15H,9,11H2,1-3H3,(H,20,24). The molecule has 1 atom stereocenters. The van der Waals surface area contributed by atoms with Gasteiger partial charge in [-0.15, -0.1) is 22.0 Å². The minimum absolute atomic E-state index is 0.0246. The first kappa shape index (κ1) is 17.5. The molecule has 1 N–H and O–H groups in total. The average Bonchev–Trinajstić information content (AvgIpc) is 3.02. The zero-order chi connectivity index (χ0) is 17.8. The molecule has 1 aromatic carbocycles. The highest BCUT2D eigenvalue weighted by molar-refractivity contribution is 7.99. The first-order valence-corrected chi connectivity index (χ1v) is 9.32. The molecule has 2 aromatic heterocycles. The van der Waals surface area contributed by atoms with Gasteiger partial charge in [0.2, 0.25) is 5.91 Å². The third-order valence-corrected chi connectivity index (χ3v) is 5.18. The van der Waals surface area contributed by atoms with Crippen molar-refractivity contribution in [3.8, 4) is 0 Å². The molecule has 0 saturated heterocycles. The van der Waals surface area contributed by atoms with Gasteiger partial charge >= 0.3 is 0 Å². The van der Waals surface area contributed by atoms with Crippen molar-refractivity contribution >= 4 is 23.3 Å². The summed E-state index contributed by atoms with van der Waals surface area (Å²) < 4.78 is 1.90. The fraction of sp³-hybridized carbons (Fsp3) is 0.316. The van der Waals surface area contributed by atoms with E-state index >= 15 is 0 Å². The summed E-state index contributed by atoms with van der Waals surface area (Å²) in [5.41, 5.74) is 3.35. The van der Waals surface area contributed by atoms with Crippen LogP contribution in [0.15, 0.2) is 47.5 Å². The zero-order valence-electron chi connectivity index (χ0n) is 14.7. The monoisotopic (exact) mass is 354 g/mol. The van der Waals surface area contributed by atoms with E-state index in [4.69, 9.17) is 0 Å². The lowest BCUT2D eigenvalue weighted by molar-refractivity contribution is -0.121. The molecule has 6 heteroatoms. The van der Waals surface area contributed by atoms with Gasteiger partial charge in [-0.25, -0.2) is 0 Å². The number of aryl methyl sites for hydroxylation is 2. The van der Waals surface area contributed by atoms with Crippen LogP contribution in [0.25, 0.3) is 5.65 Å². The Bertz CT molecular complexity index is 890. The lowest BCUT2D eigenvalue weighted by Gasteiger charge is -2.12. The number of benzene rings is 1. The van der Waals surface area contributed by atoms with Gasteiger partial charge in [0.05, 0.1) is 6.04 Å². The van der Waals surface area contributed by atoms with Gasteiger partial charge in [0.1, 0.15) is 0 Å². The van der Waals surface area contributed by atoms with Crippen molar-refractivity contribution in [2.75, 3.05) is 5.75 Å². The van der Waals surface area contributed by atoms with Gasteiger partial charge in [-0.1, -0.05) is 12.1 Å². The van der Waals surface area contributed by atoms with Crippen molar-refractivity contribution in [1.82, 2.24) is 19.9 Å². The van der Waals surface area contributed by atoms with Crippen LogP contribution in [0.4, 0.5) is 0 Å². The number of pyridine rings is 1. The molecule has 3 rings (SSSR count). The SMILES string of the molecule is Cc1ccc(SCCC(=O)NC(C)c2nnc3ccccn23)cc1C. The van der Waals surface area contributed by atoms with Crippen molar-refractivity contribution in [3.63, 3.8) is 0 Å². The van der Waals surface area contributed by atoms with Gasteiger partial charge in [0.15, 0.2) is 11.5 Å². The molecule has 130 valence electrons. The zero-order valence-corrected chi connectivity index (χ0v) is 15.5. The Kier molecular flexibility index (Phi) is 5.38. The molecule has 3 aromatic rings. The molecule has 0 fully saturated rings. The molecule has 0 saturated carbocycles. The molecular weight excluding hydrogens is 332 g/mol. The van der Waals surface area contributed by atoms with Gasteiger partial charge in [-0.2, -0.15) is 0 Å². The maximum absolute atomic E-state index is 12.2. The number of rotatable bonds is 6. The van der Waals surface area contributed by atoms with Crippen LogP contribution in [-0.2, 0) is 4.79 Å². The van der Waals surface area contributed by atoms with Gasteiger partial charge in [0, 0.05) is 23.3 Å². The van der Waals surface area contributed by atoms with Gasteiger partial charge in [-0.05, 0) is 56.2 Å². The van der Waals surface area contributed by atoms with Crippen LogP contribution in [0.1, 0.15) is 36.3 Å². The first-order chi connectivity index (χ1) is 12.0. The lowest BCUT2D eigenvalue weighted by atomic mass is 10.1. The van der Waals surface area contributed by atoms with E-state index in [1.165, 1.54) is 16.0 Å². The molecular formula is C19H22N4OS. The summed E-state index contributed by atoms with van der Waals surface area (Å²) in [4.78, 5) is 13.4. The molecule has 0 aliphatic rings. The van der Waals surface area contributed by atoms with Crippen LogP contribution in [0.5, 0.6) is 0 Å². The van der Waals surface area contributed by atoms with E-state index < -0.39 is 0 Å². The molecule has 0 radical (unpaired) electrons. The highest BCUT2D eigenvalue weighted by Gasteiger charge is 2.15. The molecule has 0 bridgehead atoms. The van der Waals surface area contributed by atoms with Crippen LogP contribution < -0.4 is 5.32 Å². The lowest BCUT2D eigenvalue weighted by Crippen LogP contribution is -2.28. The van der Waals surface area contributed by atoms with Crippen LogP contribution in [0, 0.1) is 13.8 Å². The number of fused-ring (bicyclic) bond motifs is 1. The number of hydrogen-bond donors (Lipinski definition) is 1. The minimum Gasteiger partial charge on any atom is -0.346 e. The molecule has 1 unspecified atom stereocenters. The van der Waals surface area contributed by atoms with Crippen molar-refractivity contribution in [2.45, 2.75) is 38.1 Å². The number of carbonyl (C=O) groups is 1. The maximum atomic E-state index is 12.2. The summed E-state index contributed by atoms with van der Waals surface area (Å²) in [6, 6.07) is 12.0. The highest BCUT2D eigenvalue weighted by Crippen LogP contribution is 2.22. The summed E-state index contributed by atoms with van der Waals surface area (Å²) in [6.45, 7) is 6.14. The Hall–Kier alpha value is -2.34. The van der Waals surface area contributed by atoms with E-state index in [1.807, 2.05) is 35.7 Å². The molecule has 0 aliphatic heterocycles.